The van der Waals surface area contributed by atoms with Crippen LogP contribution in [0.1, 0.15) is 19.4 Å². The topological polar surface area (TPSA) is 12.0 Å². The van der Waals surface area contributed by atoms with Crippen molar-refractivity contribution < 1.29 is 0 Å². The number of anilines is 1. The van der Waals surface area contributed by atoms with Gasteiger partial charge in [-0.25, -0.2) is 0 Å². The Bertz CT molecular complexity index is 565. The Balaban J connectivity index is 2.29. The SMILES string of the molecule is C/C=C(C)\C(=C/Nc1ccccc1)c1ccccc1. The third-order valence-corrected chi connectivity index (χ3v) is 3.10. The van der Waals surface area contributed by atoms with Crippen LogP contribution in [-0.2, 0) is 0 Å². The molecule has 0 fully saturated rings. The molecule has 0 aliphatic heterocycles. The maximum absolute atomic E-state index is 3.36. The molecule has 0 saturated heterocycles. The van der Waals surface area contributed by atoms with E-state index in [1.54, 1.807) is 0 Å². The van der Waals surface area contributed by atoms with Crippen molar-refractivity contribution in [2.24, 2.45) is 0 Å². The van der Waals surface area contributed by atoms with E-state index in [-0.39, 0.29) is 0 Å². The van der Waals surface area contributed by atoms with Gasteiger partial charge in [0.1, 0.15) is 0 Å². The standard InChI is InChI=1S/C18H19N/c1-3-15(2)18(16-10-6-4-7-11-16)14-19-17-12-8-5-9-13-17/h3-14,19H,1-2H3/b15-3-,18-14+. The van der Waals surface area contributed by atoms with E-state index < -0.39 is 0 Å². The molecule has 1 nitrogen and oxygen atoms in total. The van der Waals surface area contributed by atoms with Crippen molar-refractivity contribution in [3.8, 4) is 0 Å². The molecule has 0 aromatic heterocycles. The van der Waals surface area contributed by atoms with Crippen LogP contribution in [0.25, 0.3) is 5.57 Å². The van der Waals surface area contributed by atoms with E-state index in [4.69, 9.17) is 0 Å². The minimum Gasteiger partial charge on any atom is -0.361 e. The second-order valence-corrected chi connectivity index (χ2v) is 4.41. The van der Waals surface area contributed by atoms with Gasteiger partial charge in [-0.1, -0.05) is 54.6 Å². The largest absolute Gasteiger partial charge is 0.361 e. The molecule has 0 saturated carbocycles. The van der Waals surface area contributed by atoms with E-state index in [0.29, 0.717) is 0 Å². The van der Waals surface area contributed by atoms with Gasteiger partial charge in [0.15, 0.2) is 0 Å². The normalized spacial score (nSPS) is 12.3. The predicted molar refractivity (Wildman–Crippen MR) is 83.9 cm³/mol. The monoisotopic (exact) mass is 249 g/mol. The molecule has 0 bridgehead atoms. The Labute approximate surface area is 115 Å². The van der Waals surface area contributed by atoms with E-state index in [2.05, 4.69) is 67.8 Å². The first-order valence-electron chi connectivity index (χ1n) is 6.51. The maximum atomic E-state index is 3.36. The fourth-order valence-electron chi connectivity index (χ4n) is 1.89. The first kappa shape index (κ1) is 13.2. The third-order valence-electron chi connectivity index (χ3n) is 3.10. The Kier molecular flexibility index (Phi) is 4.57. The van der Waals surface area contributed by atoms with Gasteiger partial charge in [-0.2, -0.15) is 0 Å². The Morgan fingerprint density at radius 1 is 0.895 bits per heavy atom. The minimum absolute atomic E-state index is 1.10. The van der Waals surface area contributed by atoms with E-state index in [9.17, 15) is 0 Å². The first-order valence-corrected chi connectivity index (χ1v) is 6.51. The third kappa shape index (κ3) is 3.59. The smallest absolute Gasteiger partial charge is 0.0379 e. The molecule has 2 aromatic rings. The summed E-state index contributed by atoms with van der Waals surface area (Å²) in [5.41, 5.74) is 4.79. The first-order chi connectivity index (χ1) is 9.31. The van der Waals surface area contributed by atoms with Crippen LogP contribution >= 0.6 is 0 Å². The lowest BCUT2D eigenvalue weighted by Gasteiger charge is -2.10. The molecule has 96 valence electrons. The molecule has 0 spiro atoms. The summed E-state index contributed by atoms with van der Waals surface area (Å²) in [4.78, 5) is 0. The Hall–Kier alpha value is -2.28. The molecule has 0 heterocycles. The number of allylic oxidation sites excluding steroid dienone is 3. The molecule has 0 unspecified atom stereocenters. The van der Waals surface area contributed by atoms with Crippen LogP contribution in [0.15, 0.2) is 78.5 Å². The van der Waals surface area contributed by atoms with Gasteiger partial charge in [0.25, 0.3) is 0 Å². The highest BCUT2D eigenvalue weighted by Gasteiger charge is 2.02. The van der Waals surface area contributed by atoms with Crippen molar-refractivity contribution in [3.05, 3.63) is 84.1 Å². The van der Waals surface area contributed by atoms with E-state index >= 15 is 0 Å². The van der Waals surface area contributed by atoms with Gasteiger partial charge >= 0.3 is 0 Å². The van der Waals surface area contributed by atoms with Gasteiger partial charge < -0.3 is 5.32 Å². The van der Waals surface area contributed by atoms with Gasteiger partial charge in [0.05, 0.1) is 0 Å². The molecule has 19 heavy (non-hydrogen) atoms. The number of nitrogens with one attached hydrogen (secondary N) is 1. The number of benzene rings is 2. The zero-order valence-corrected chi connectivity index (χ0v) is 11.4. The molecule has 0 radical (unpaired) electrons. The molecule has 2 aromatic carbocycles. The molecular weight excluding hydrogens is 230 g/mol. The quantitative estimate of drug-likeness (QED) is 0.743. The Morgan fingerprint density at radius 2 is 1.47 bits per heavy atom. The fraction of sp³-hybridized carbons (Fsp3) is 0.111. The van der Waals surface area contributed by atoms with Crippen molar-refractivity contribution in [3.63, 3.8) is 0 Å². The highest BCUT2D eigenvalue weighted by atomic mass is 14.8. The van der Waals surface area contributed by atoms with Crippen molar-refractivity contribution in [2.45, 2.75) is 13.8 Å². The van der Waals surface area contributed by atoms with Gasteiger partial charge in [-0.05, 0) is 37.1 Å². The van der Waals surface area contributed by atoms with Crippen LogP contribution in [0.3, 0.4) is 0 Å². The summed E-state index contributed by atoms with van der Waals surface area (Å²) in [6, 6.07) is 20.6. The van der Waals surface area contributed by atoms with Gasteiger partial charge in [-0.15, -0.1) is 0 Å². The predicted octanol–water partition coefficient (Wildman–Crippen LogP) is 5.11. The lowest BCUT2D eigenvalue weighted by atomic mass is 10.00. The van der Waals surface area contributed by atoms with Crippen LogP contribution in [0.2, 0.25) is 0 Å². The second-order valence-electron chi connectivity index (χ2n) is 4.41. The average molecular weight is 249 g/mol. The van der Waals surface area contributed by atoms with E-state index in [0.717, 1.165) is 5.69 Å². The minimum atomic E-state index is 1.10. The highest BCUT2D eigenvalue weighted by Crippen LogP contribution is 2.22. The summed E-state index contributed by atoms with van der Waals surface area (Å²) < 4.78 is 0. The van der Waals surface area contributed by atoms with Crippen molar-refractivity contribution in [1.29, 1.82) is 0 Å². The number of hydrogen-bond donors (Lipinski definition) is 1. The zero-order valence-electron chi connectivity index (χ0n) is 11.4. The summed E-state index contributed by atoms with van der Waals surface area (Å²) >= 11 is 0. The molecule has 1 N–H and O–H groups in total. The second kappa shape index (κ2) is 6.60. The molecule has 2 rings (SSSR count). The van der Waals surface area contributed by atoms with Crippen molar-refractivity contribution in [2.75, 3.05) is 5.32 Å². The fourth-order valence-corrected chi connectivity index (χ4v) is 1.89. The van der Waals surface area contributed by atoms with E-state index in [1.165, 1.54) is 16.7 Å². The van der Waals surface area contributed by atoms with Crippen LogP contribution in [0.5, 0.6) is 0 Å². The van der Waals surface area contributed by atoms with E-state index in [1.807, 2.05) is 24.3 Å². The molecule has 0 atom stereocenters. The lowest BCUT2D eigenvalue weighted by molar-refractivity contribution is 1.44. The highest BCUT2D eigenvalue weighted by molar-refractivity contribution is 5.79. The number of rotatable bonds is 4. The van der Waals surface area contributed by atoms with Crippen LogP contribution in [0.4, 0.5) is 5.69 Å². The lowest BCUT2D eigenvalue weighted by Crippen LogP contribution is -1.93. The molecule has 0 amide bonds. The summed E-state index contributed by atoms with van der Waals surface area (Å²) in [6.45, 7) is 4.19. The van der Waals surface area contributed by atoms with Crippen molar-refractivity contribution >= 4 is 11.3 Å². The van der Waals surface area contributed by atoms with Crippen LogP contribution in [-0.4, -0.2) is 0 Å². The molecule has 1 heteroatoms. The molecular formula is C18H19N. The maximum Gasteiger partial charge on any atom is 0.0379 e. The number of hydrogen-bond acceptors (Lipinski definition) is 1. The molecule has 0 aliphatic rings. The van der Waals surface area contributed by atoms with Crippen molar-refractivity contribution in [1.82, 2.24) is 0 Å². The van der Waals surface area contributed by atoms with Crippen LogP contribution < -0.4 is 5.32 Å². The summed E-state index contributed by atoms with van der Waals surface area (Å²) in [5.74, 6) is 0. The van der Waals surface area contributed by atoms with Gasteiger partial charge in [0.2, 0.25) is 0 Å². The summed E-state index contributed by atoms with van der Waals surface area (Å²) in [5, 5.41) is 3.36. The summed E-state index contributed by atoms with van der Waals surface area (Å²) in [7, 11) is 0. The van der Waals surface area contributed by atoms with Crippen LogP contribution in [0, 0.1) is 0 Å². The zero-order chi connectivity index (χ0) is 13.5. The Morgan fingerprint density at radius 3 is 2.05 bits per heavy atom. The molecule has 0 aliphatic carbocycles. The average Bonchev–Trinajstić information content (AvgIpc) is 2.49. The summed E-state index contributed by atoms with van der Waals surface area (Å²) in [6.07, 6.45) is 4.20. The van der Waals surface area contributed by atoms with Gasteiger partial charge in [0, 0.05) is 17.5 Å². The van der Waals surface area contributed by atoms with Gasteiger partial charge in [-0.3, -0.25) is 0 Å². The number of para-hydroxylation sites is 1.